The van der Waals surface area contributed by atoms with Crippen molar-refractivity contribution in [2.24, 2.45) is 0 Å². The van der Waals surface area contributed by atoms with Gasteiger partial charge in [0, 0.05) is 6.42 Å². The number of aryl methyl sites for hydroxylation is 2. The second-order valence-electron chi connectivity index (χ2n) is 4.96. The number of carbonyl (C=O) groups excluding carboxylic acids is 1. The number of unbranched alkanes of at least 4 members (excludes halogenated alkanes) is 1. The lowest BCUT2D eigenvalue weighted by atomic mass is 10.1. The molecule has 1 rings (SSSR count). The maximum absolute atomic E-state index is 11.4. The first-order valence-electron chi connectivity index (χ1n) is 7.02. The van der Waals surface area contributed by atoms with Crippen molar-refractivity contribution in [2.45, 2.75) is 47.0 Å². The van der Waals surface area contributed by atoms with E-state index in [1.165, 1.54) is 11.1 Å². The number of rotatable bonds is 7. The Hall–Kier alpha value is -1.51. The zero-order valence-electron chi connectivity index (χ0n) is 12.5. The number of benzene rings is 1. The van der Waals surface area contributed by atoms with Gasteiger partial charge in [0.25, 0.3) is 0 Å². The van der Waals surface area contributed by atoms with Crippen molar-refractivity contribution < 1.29 is 9.53 Å². The Labute approximate surface area is 116 Å². The summed E-state index contributed by atoms with van der Waals surface area (Å²) in [5.41, 5.74) is 3.55. The van der Waals surface area contributed by atoms with Gasteiger partial charge in [-0.2, -0.15) is 0 Å². The molecule has 1 N–H and O–H groups in total. The van der Waals surface area contributed by atoms with Crippen LogP contribution in [0.1, 0.15) is 42.9 Å². The van der Waals surface area contributed by atoms with E-state index >= 15 is 0 Å². The van der Waals surface area contributed by atoms with Crippen LogP contribution in [0.25, 0.3) is 0 Å². The van der Waals surface area contributed by atoms with Crippen molar-refractivity contribution in [1.82, 2.24) is 5.32 Å². The Kier molecular flexibility index (Phi) is 6.40. The molecule has 0 bridgehead atoms. The van der Waals surface area contributed by atoms with Gasteiger partial charge in [0.05, 0.1) is 6.54 Å². The van der Waals surface area contributed by atoms with Crippen molar-refractivity contribution in [3.8, 4) is 5.75 Å². The fraction of sp³-hybridized carbons (Fsp3) is 0.562. The fourth-order valence-corrected chi connectivity index (χ4v) is 1.92. The van der Waals surface area contributed by atoms with E-state index in [9.17, 15) is 4.79 Å². The molecule has 0 spiro atoms. The number of amides is 1. The van der Waals surface area contributed by atoms with Gasteiger partial charge in [-0.3, -0.25) is 4.79 Å². The fourth-order valence-electron chi connectivity index (χ4n) is 1.92. The number of hydrogen-bond donors (Lipinski definition) is 1. The normalized spacial score (nSPS) is 10.3. The zero-order valence-corrected chi connectivity index (χ0v) is 12.5. The average molecular weight is 263 g/mol. The molecule has 0 atom stereocenters. The maximum atomic E-state index is 11.4. The molecule has 19 heavy (non-hydrogen) atoms. The van der Waals surface area contributed by atoms with Crippen LogP contribution < -0.4 is 10.1 Å². The van der Waals surface area contributed by atoms with Gasteiger partial charge in [-0.1, -0.05) is 25.5 Å². The molecule has 0 aliphatic carbocycles. The Balaban J connectivity index is 2.38. The van der Waals surface area contributed by atoms with Gasteiger partial charge in [0.15, 0.2) is 0 Å². The monoisotopic (exact) mass is 263 g/mol. The minimum absolute atomic E-state index is 0.114. The summed E-state index contributed by atoms with van der Waals surface area (Å²) in [6.07, 6.45) is 2.60. The van der Waals surface area contributed by atoms with Crippen LogP contribution in [0.4, 0.5) is 0 Å². The molecule has 0 heterocycles. The highest BCUT2D eigenvalue weighted by Crippen LogP contribution is 2.25. The summed E-state index contributed by atoms with van der Waals surface area (Å²) in [5.74, 6) is 1.06. The van der Waals surface area contributed by atoms with Crippen LogP contribution in [0.15, 0.2) is 12.1 Å². The van der Waals surface area contributed by atoms with E-state index in [1.807, 2.05) is 6.92 Å². The topological polar surface area (TPSA) is 38.3 Å². The SMILES string of the molecule is CCCCC(=O)NCCOc1c(C)ccc(C)c1C. The predicted octanol–water partition coefficient (Wildman–Crippen LogP) is 3.30. The first-order valence-corrected chi connectivity index (χ1v) is 7.02. The third-order valence-corrected chi connectivity index (χ3v) is 3.30. The average Bonchev–Trinajstić information content (AvgIpc) is 2.40. The van der Waals surface area contributed by atoms with Gasteiger partial charge < -0.3 is 10.1 Å². The van der Waals surface area contributed by atoms with E-state index in [2.05, 4.69) is 38.2 Å². The van der Waals surface area contributed by atoms with Crippen molar-refractivity contribution in [1.29, 1.82) is 0 Å². The molecule has 0 radical (unpaired) electrons. The lowest BCUT2D eigenvalue weighted by molar-refractivity contribution is -0.121. The van der Waals surface area contributed by atoms with Crippen LogP contribution in [0.5, 0.6) is 5.75 Å². The zero-order chi connectivity index (χ0) is 14.3. The van der Waals surface area contributed by atoms with Crippen molar-refractivity contribution in [3.63, 3.8) is 0 Å². The first kappa shape index (κ1) is 15.5. The highest BCUT2D eigenvalue weighted by atomic mass is 16.5. The van der Waals surface area contributed by atoms with Crippen LogP contribution in [-0.4, -0.2) is 19.1 Å². The molecule has 1 amide bonds. The van der Waals surface area contributed by atoms with Crippen LogP contribution in [0.2, 0.25) is 0 Å². The molecule has 3 nitrogen and oxygen atoms in total. The molecule has 3 heteroatoms. The van der Waals surface area contributed by atoms with Gasteiger partial charge >= 0.3 is 0 Å². The Bertz CT molecular complexity index is 427. The van der Waals surface area contributed by atoms with Gasteiger partial charge in [0.2, 0.25) is 5.91 Å². The standard InChI is InChI=1S/C16H25NO2/c1-5-6-7-15(18)17-10-11-19-16-13(3)9-8-12(2)14(16)4/h8-9H,5-7,10-11H2,1-4H3,(H,17,18). The smallest absolute Gasteiger partial charge is 0.220 e. The second kappa shape index (κ2) is 7.82. The number of hydrogen-bond acceptors (Lipinski definition) is 2. The Morgan fingerprint density at radius 2 is 1.89 bits per heavy atom. The van der Waals surface area contributed by atoms with E-state index < -0.39 is 0 Å². The molecule has 1 aromatic carbocycles. The molecule has 0 aliphatic heterocycles. The summed E-state index contributed by atoms with van der Waals surface area (Å²) in [6.45, 7) is 9.35. The molecular weight excluding hydrogens is 238 g/mol. The molecule has 0 saturated heterocycles. The van der Waals surface area contributed by atoms with Gasteiger partial charge in [-0.15, -0.1) is 0 Å². The van der Waals surface area contributed by atoms with Crippen molar-refractivity contribution >= 4 is 5.91 Å². The molecule has 0 unspecified atom stereocenters. The third kappa shape index (κ3) is 4.93. The molecule has 1 aromatic rings. The lowest BCUT2D eigenvalue weighted by Gasteiger charge is -2.14. The molecule has 0 fully saturated rings. The van der Waals surface area contributed by atoms with Crippen LogP contribution >= 0.6 is 0 Å². The van der Waals surface area contributed by atoms with E-state index in [0.29, 0.717) is 19.6 Å². The van der Waals surface area contributed by atoms with Crippen LogP contribution in [0.3, 0.4) is 0 Å². The molecule has 0 aromatic heterocycles. The quantitative estimate of drug-likeness (QED) is 0.767. The van der Waals surface area contributed by atoms with Crippen LogP contribution in [-0.2, 0) is 4.79 Å². The van der Waals surface area contributed by atoms with Gasteiger partial charge in [-0.25, -0.2) is 0 Å². The number of carbonyl (C=O) groups is 1. The lowest BCUT2D eigenvalue weighted by Crippen LogP contribution is -2.27. The number of nitrogens with one attached hydrogen (secondary N) is 1. The summed E-state index contributed by atoms with van der Waals surface area (Å²) in [4.78, 5) is 11.4. The Morgan fingerprint density at radius 1 is 1.21 bits per heavy atom. The maximum Gasteiger partial charge on any atom is 0.220 e. The highest BCUT2D eigenvalue weighted by molar-refractivity contribution is 5.75. The van der Waals surface area contributed by atoms with E-state index in [4.69, 9.17) is 4.74 Å². The minimum Gasteiger partial charge on any atom is -0.491 e. The summed E-state index contributed by atoms with van der Waals surface area (Å²) < 4.78 is 5.79. The third-order valence-electron chi connectivity index (χ3n) is 3.30. The molecule has 0 saturated carbocycles. The van der Waals surface area contributed by atoms with E-state index in [1.54, 1.807) is 0 Å². The molecular formula is C16H25NO2. The minimum atomic E-state index is 0.114. The van der Waals surface area contributed by atoms with Crippen molar-refractivity contribution in [3.05, 3.63) is 28.8 Å². The molecule has 106 valence electrons. The highest BCUT2D eigenvalue weighted by Gasteiger charge is 2.06. The summed E-state index contributed by atoms with van der Waals surface area (Å²) in [7, 11) is 0. The summed E-state index contributed by atoms with van der Waals surface area (Å²) in [6, 6.07) is 4.17. The summed E-state index contributed by atoms with van der Waals surface area (Å²) >= 11 is 0. The van der Waals surface area contributed by atoms with E-state index in [-0.39, 0.29) is 5.91 Å². The van der Waals surface area contributed by atoms with E-state index in [0.717, 1.165) is 24.2 Å². The van der Waals surface area contributed by atoms with Crippen LogP contribution in [0, 0.1) is 20.8 Å². The predicted molar refractivity (Wildman–Crippen MR) is 78.7 cm³/mol. The molecule has 0 aliphatic rings. The van der Waals surface area contributed by atoms with Crippen molar-refractivity contribution in [2.75, 3.05) is 13.2 Å². The van der Waals surface area contributed by atoms with Gasteiger partial charge in [-0.05, 0) is 43.9 Å². The largest absolute Gasteiger partial charge is 0.491 e. The number of ether oxygens (including phenoxy) is 1. The first-order chi connectivity index (χ1) is 9.06. The van der Waals surface area contributed by atoms with Gasteiger partial charge in [0.1, 0.15) is 12.4 Å². The Morgan fingerprint density at radius 3 is 2.58 bits per heavy atom. The second-order valence-corrected chi connectivity index (χ2v) is 4.96. The summed E-state index contributed by atoms with van der Waals surface area (Å²) in [5, 5.41) is 2.88.